The first-order chi connectivity index (χ1) is 8.81. The van der Waals surface area contributed by atoms with E-state index < -0.39 is 0 Å². The van der Waals surface area contributed by atoms with E-state index in [1.807, 2.05) is 4.90 Å². The second-order valence-electron chi connectivity index (χ2n) is 5.96. The molecule has 1 saturated carbocycles. The number of carbonyl (C=O) groups is 1. The Labute approximate surface area is 111 Å². The van der Waals surface area contributed by atoms with Crippen LogP contribution in [0.25, 0.3) is 0 Å². The number of hydrogen-bond donors (Lipinski definition) is 1. The fourth-order valence-electron chi connectivity index (χ4n) is 3.52. The van der Waals surface area contributed by atoms with Crippen molar-refractivity contribution in [3.05, 3.63) is 0 Å². The minimum absolute atomic E-state index is 0.104. The monoisotopic (exact) mass is 253 g/mol. The van der Waals surface area contributed by atoms with Crippen molar-refractivity contribution in [1.82, 2.24) is 4.90 Å². The number of likely N-dealkylation sites (tertiary alicyclic amines) is 1. The number of aliphatic hydroxyl groups excluding tert-OH is 1. The lowest BCUT2D eigenvalue weighted by molar-refractivity contribution is -0.132. The highest BCUT2D eigenvalue weighted by molar-refractivity contribution is 5.76. The molecule has 1 amide bonds. The van der Waals surface area contributed by atoms with Crippen molar-refractivity contribution in [1.29, 1.82) is 0 Å². The Hall–Kier alpha value is -0.570. The Morgan fingerprint density at radius 3 is 2.61 bits per heavy atom. The lowest BCUT2D eigenvalue weighted by Gasteiger charge is -2.24. The average molecular weight is 253 g/mol. The van der Waals surface area contributed by atoms with Gasteiger partial charge in [0, 0.05) is 13.0 Å². The molecule has 18 heavy (non-hydrogen) atoms. The SMILES string of the molecule is O=C(CCCC1CCCCC1)N1CCC[C@H]1CO. The topological polar surface area (TPSA) is 40.5 Å². The largest absolute Gasteiger partial charge is 0.394 e. The standard InChI is InChI=1S/C15H27NO2/c17-12-14-9-5-11-16(14)15(18)10-4-8-13-6-2-1-3-7-13/h13-14,17H,1-12H2/t14-/m0/s1. The molecule has 0 aromatic rings. The van der Waals surface area contributed by atoms with Gasteiger partial charge in [-0.15, -0.1) is 0 Å². The lowest BCUT2D eigenvalue weighted by atomic mass is 9.86. The summed E-state index contributed by atoms with van der Waals surface area (Å²) >= 11 is 0. The number of aliphatic hydroxyl groups is 1. The van der Waals surface area contributed by atoms with Gasteiger partial charge in [-0.2, -0.15) is 0 Å². The Balaban J connectivity index is 1.64. The van der Waals surface area contributed by atoms with Crippen molar-refractivity contribution in [2.45, 2.75) is 70.3 Å². The lowest BCUT2D eigenvalue weighted by Crippen LogP contribution is -2.37. The summed E-state index contributed by atoms with van der Waals surface area (Å²) in [5.74, 6) is 1.14. The van der Waals surface area contributed by atoms with Crippen molar-refractivity contribution >= 4 is 5.91 Å². The summed E-state index contributed by atoms with van der Waals surface area (Å²) in [6.07, 6.45) is 11.9. The summed E-state index contributed by atoms with van der Waals surface area (Å²) in [6, 6.07) is 0.104. The Morgan fingerprint density at radius 2 is 1.89 bits per heavy atom. The van der Waals surface area contributed by atoms with Gasteiger partial charge >= 0.3 is 0 Å². The molecule has 1 atom stereocenters. The molecule has 2 fully saturated rings. The van der Waals surface area contributed by atoms with Crippen molar-refractivity contribution in [2.75, 3.05) is 13.2 Å². The predicted molar refractivity (Wildman–Crippen MR) is 72.2 cm³/mol. The second kappa shape index (κ2) is 7.13. The van der Waals surface area contributed by atoms with Crippen LogP contribution in [0, 0.1) is 5.92 Å². The minimum Gasteiger partial charge on any atom is -0.394 e. The van der Waals surface area contributed by atoms with Crippen molar-refractivity contribution < 1.29 is 9.90 Å². The van der Waals surface area contributed by atoms with Crippen LogP contribution in [0.15, 0.2) is 0 Å². The number of nitrogens with zero attached hydrogens (tertiary/aromatic N) is 1. The maximum atomic E-state index is 12.1. The molecule has 104 valence electrons. The Morgan fingerprint density at radius 1 is 1.11 bits per heavy atom. The van der Waals surface area contributed by atoms with Gasteiger partial charge < -0.3 is 10.0 Å². The zero-order valence-corrected chi connectivity index (χ0v) is 11.4. The predicted octanol–water partition coefficient (Wildman–Crippen LogP) is 2.72. The van der Waals surface area contributed by atoms with E-state index in [0.717, 1.165) is 31.7 Å². The molecule has 0 aromatic carbocycles. The van der Waals surface area contributed by atoms with Gasteiger partial charge in [-0.3, -0.25) is 4.79 Å². The van der Waals surface area contributed by atoms with Gasteiger partial charge in [0.2, 0.25) is 5.91 Å². The van der Waals surface area contributed by atoms with Crippen LogP contribution in [0.3, 0.4) is 0 Å². The zero-order valence-electron chi connectivity index (χ0n) is 11.4. The van der Waals surface area contributed by atoms with Gasteiger partial charge in [0.15, 0.2) is 0 Å². The fourth-order valence-corrected chi connectivity index (χ4v) is 3.52. The maximum Gasteiger partial charge on any atom is 0.222 e. The molecular weight excluding hydrogens is 226 g/mol. The summed E-state index contributed by atoms with van der Waals surface area (Å²) in [5, 5.41) is 9.22. The summed E-state index contributed by atoms with van der Waals surface area (Å²) < 4.78 is 0. The smallest absolute Gasteiger partial charge is 0.222 e. The van der Waals surface area contributed by atoms with E-state index in [2.05, 4.69) is 0 Å². The maximum absolute atomic E-state index is 12.1. The van der Waals surface area contributed by atoms with Crippen molar-refractivity contribution in [3.63, 3.8) is 0 Å². The van der Waals surface area contributed by atoms with Gasteiger partial charge in [0.1, 0.15) is 0 Å². The molecule has 3 nitrogen and oxygen atoms in total. The molecule has 0 bridgehead atoms. The Kier molecular flexibility index (Phi) is 5.48. The van der Waals surface area contributed by atoms with E-state index in [4.69, 9.17) is 0 Å². The van der Waals surface area contributed by atoms with Crippen molar-refractivity contribution in [3.8, 4) is 0 Å². The highest BCUT2D eigenvalue weighted by atomic mass is 16.3. The van der Waals surface area contributed by atoms with Crippen LogP contribution in [0.2, 0.25) is 0 Å². The fraction of sp³-hybridized carbons (Fsp3) is 0.933. The molecule has 2 aliphatic rings. The van der Waals surface area contributed by atoms with Gasteiger partial charge in [0.05, 0.1) is 12.6 Å². The van der Waals surface area contributed by atoms with E-state index in [1.165, 1.54) is 38.5 Å². The van der Waals surface area contributed by atoms with Crippen LogP contribution in [0.5, 0.6) is 0 Å². The van der Waals surface area contributed by atoms with E-state index in [9.17, 15) is 9.90 Å². The first kappa shape index (κ1) is 13.9. The highest BCUT2D eigenvalue weighted by Crippen LogP contribution is 2.28. The second-order valence-corrected chi connectivity index (χ2v) is 5.96. The third-order valence-electron chi connectivity index (χ3n) is 4.64. The third-order valence-corrected chi connectivity index (χ3v) is 4.64. The summed E-state index contributed by atoms with van der Waals surface area (Å²) in [7, 11) is 0. The number of amides is 1. The highest BCUT2D eigenvalue weighted by Gasteiger charge is 2.27. The first-order valence-electron chi connectivity index (χ1n) is 7.71. The van der Waals surface area contributed by atoms with Crippen LogP contribution in [-0.4, -0.2) is 35.1 Å². The van der Waals surface area contributed by atoms with Crippen LogP contribution in [-0.2, 0) is 4.79 Å². The molecule has 0 aromatic heterocycles. The Bertz CT molecular complexity index is 261. The average Bonchev–Trinajstić information content (AvgIpc) is 2.88. The van der Waals surface area contributed by atoms with Crippen LogP contribution >= 0.6 is 0 Å². The third kappa shape index (κ3) is 3.71. The summed E-state index contributed by atoms with van der Waals surface area (Å²) in [4.78, 5) is 14.0. The zero-order chi connectivity index (χ0) is 12.8. The molecule has 1 saturated heterocycles. The van der Waals surface area contributed by atoms with Gasteiger partial charge in [-0.05, 0) is 31.6 Å². The van der Waals surface area contributed by atoms with Gasteiger partial charge in [-0.25, -0.2) is 0 Å². The van der Waals surface area contributed by atoms with E-state index in [-0.39, 0.29) is 18.6 Å². The number of rotatable bonds is 5. The van der Waals surface area contributed by atoms with Gasteiger partial charge in [0.25, 0.3) is 0 Å². The molecular formula is C15H27NO2. The van der Waals surface area contributed by atoms with Crippen molar-refractivity contribution in [2.24, 2.45) is 5.92 Å². The molecule has 0 spiro atoms. The van der Waals surface area contributed by atoms with E-state index in [1.54, 1.807) is 0 Å². The van der Waals surface area contributed by atoms with E-state index >= 15 is 0 Å². The molecule has 0 unspecified atom stereocenters. The van der Waals surface area contributed by atoms with Gasteiger partial charge in [-0.1, -0.05) is 32.1 Å². The first-order valence-corrected chi connectivity index (χ1v) is 7.71. The van der Waals surface area contributed by atoms with E-state index in [0.29, 0.717) is 6.42 Å². The quantitative estimate of drug-likeness (QED) is 0.818. The normalized spacial score (nSPS) is 25.6. The summed E-state index contributed by atoms with van der Waals surface area (Å²) in [6.45, 7) is 0.988. The molecule has 1 aliphatic heterocycles. The number of carbonyl (C=O) groups excluding carboxylic acids is 1. The molecule has 0 radical (unpaired) electrons. The van der Waals surface area contributed by atoms with Crippen LogP contribution in [0.4, 0.5) is 0 Å². The molecule has 3 heteroatoms. The van der Waals surface area contributed by atoms with Crippen LogP contribution in [0.1, 0.15) is 64.2 Å². The molecule has 1 aliphatic carbocycles. The summed E-state index contributed by atoms with van der Waals surface area (Å²) in [5.41, 5.74) is 0. The number of hydrogen-bond acceptors (Lipinski definition) is 2. The molecule has 1 N–H and O–H groups in total. The molecule has 1 heterocycles. The minimum atomic E-state index is 0.104. The van der Waals surface area contributed by atoms with Crippen LogP contribution < -0.4 is 0 Å². The molecule has 2 rings (SSSR count).